The number of nitrogens with zero attached hydrogens (tertiary/aromatic N) is 1. The van der Waals surface area contributed by atoms with Gasteiger partial charge in [-0.15, -0.1) is 0 Å². The maximum atomic E-state index is 12.8. The van der Waals surface area contributed by atoms with E-state index in [1.54, 1.807) is 0 Å². The van der Waals surface area contributed by atoms with Crippen LogP contribution in [-0.4, -0.2) is 4.98 Å². The molecule has 1 N–H and O–H groups in total. The SMILES string of the molecule is CCc1cccc2c(C(CCC#N)c3ccc(C(F)(F)F)cc3)c[nH]c12. The Balaban J connectivity index is 2.06. The van der Waals surface area contributed by atoms with Gasteiger partial charge in [-0.3, -0.25) is 0 Å². The number of halogens is 3. The van der Waals surface area contributed by atoms with Crippen molar-refractivity contribution in [1.82, 2.24) is 4.98 Å². The van der Waals surface area contributed by atoms with Gasteiger partial charge in [0.25, 0.3) is 0 Å². The highest BCUT2D eigenvalue weighted by atomic mass is 19.4. The largest absolute Gasteiger partial charge is 0.416 e. The summed E-state index contributed by atoms with van der Waals surface area (Å²) in [7, 11) is 0. The molecule has 0 aliphatic carbocycles. The molecule has 5 heteroatoms. The number of rotatable bonds is 5. The van der Waals surface area contributed by atoms with E-state index in [9.17, 15) is 13.2 Å². The molecule has 0 saturated heterocycles. The van der Waals surface area contributed by atoms with Crippen LogP contribution in [0.5, 0.6) is 0 Å². The van der Waals surface area contributed by atoms with Gasteiger partial charge in [0.05, 0.1) is 11.6 Å². The van der Waals surface area contributed by atoms with Gasteiger partial charge in [0.1, 0.15) is 0 Å². The smallest absolute Gasteiger partial charge is 0.361 e. The van der Waals surface area contributed by atoms with Crippen molar-refractivity contribution >= 4 is 10.9 Å². The van der Waals surface area contributed by atoms with E-state index in [1.807, 2.05) is 18.3 Å². The van der Waals surface area contributed by atoms with Crippen LogP contribution in [0, 0.1) is 11.3 Å². The van der Waals surface area contributed by atoms with Crippen molar-refractivity contribution in [2.75, 3.05) is 0 Å². The van der Waals surface area contributed by atoms with Gasteiger partial charge >= 0.3 is 6.18 Å². The number of hydrogen-bond acceptors (Lipinski definition) is 1. The van der Waals surface area contributed by atoms with Crippen molar-refractivity contribution in [3.8, 4) is 6.07 Å². The highest BCUT2D eigenvalue weighted by Crippen LogP contribution is 2.37. The maximum Gasteiger partial charge on any atom is 0.416 e. The third kappa shape index (κ3) is 3.45. The van der Waals surface area contributed by atoms with E-state index in [4.69, 9.17) is 5.26 Å². The van der Waals surface area contributed by atoms with Gasteiger partial charge in [0.15, 0.2) is 0 Å². The first-order chi connectivity index (χ1) is 12.5. The fourth-order valence-corrected chi connectivity index (χ4v) is 3.44. The Labute approximate surface area is 150 Å². The highest BCUT2D eigenvalue weighted by Gasteiger charge is 2.30. The standard InChI is InChI=1S/C21H19F3N2/c1-2-14-5-3-6-18-19(13-26-20(14)18)17(7-4-12-25)15-8-10-16(11-9-15)21(22,23)24/h3,5-6,8-11,13,17,26H,2,4,7H2,1H3. The van der Waals surface area contributed by atoms with E-state index in [-0.39, 0.29) is 5.92 Å². The zero-order chi connectivity index (χ0) is 18.7. The van der Waals surface area contributed by atoms with Crippen LogP contribution in [0.2, 0.25) is 0 Å². The monoisotopic (exact) mass is 356 g/mol. The molecule has 0 radical (unpaired) electrons. The summed E-state index contributed by atoms with van der Waals surface area (Å²) in [6.45, 7) is 2.08. The fraction of sp³-hybridized carbons (Fsp3) is 0.286. The molecule has 3 rings (SSSR count). The van der Waals surface area contributed by atoms with E-state index < -0.39 is 11.7 Å². The Bertz CT molecular complexity index is 931. The molecular formula is C21H19F3N2. The number of benzene rings is 2. The predicted octanol–water partition coefficient (Wildman–Crippen LogP) is 6.18. The number of hydrogen-bond donors (Lipinski definition) is 1. The number of fused-ring (bicyclic) bond motifs is 1. The Morgan fingerprint density at radius 2 is 1.85 bits per heavy atom. The first-order valence-corrected chi connectivity index (χ1v) is 8.58. The van der Waals surface area contributed by atoms with Crippen LogP contribution in [0.4, 0.5) is 13.2 Å². The van der Waals surface area contributed by atoms with Gasteiger partial charge in [-0.05, 0) is 41.7 Å². The van der Waals surface area contributed by atoms with Crippen molar-refractivity contribution in [2.45, 2.75) is 38.3 Å². The molecule has 1 atom stereocenters. The Hall–Kier alpha value is -2.74. The molecule has 0 aliphatic rings. The summed E-state index contributed by atoms with van der Waals surface area (Å²) >= 11 is 0. The third-order valence-corrected chi connectivity index (χ3v) is 4.78. The zero-order valence-electron chi connectivity index (χ0n) is 14.4. The lowest BCUT2D eigenvalue weighted by atomic mass is 9.86. The summed E-state index contributed by atoms with van der Waals surface area (Å²) in [5.41, 5.74) is 3.40. The van der Waals surface area contributed by atoms with E-state index in [0.717, 1.165) is 40.6 Å². The summed E-state index contributed by atoms with van der Waals surface area (Å²) in [6, 6.07) is 13.5. The predicted molar refractivity (Wildman–Crippen MR) is 95.8 cm³/mol. The topological polar surface area (TPSA) is 39.6 Å². The zero-order valence-corrected chi connectivity index (χ0v) is 14.4. The number of aromatic amines is 1. The lowest BCUT2D eigenvalue weighted by Gasteiger charge is -2.17. The molecule has 26 heavy (non-hydrogen) atoms. The van der Waals surface area contributed by atoms with Crippen LogP contribution in [0.15, 0.2) is 48.7 Å². The summed E-state index contributed by atoms with van der Waals surface area (Å²) in [6.07, 6.45) is -0.640. The van der Waals surface area contributed by atoms with Crippen LogP contribution in [0.3, 0.4) is 0 Å². The first-order valence-electron chi connectivity index (χ1n) is 8.58. The van der Waals surface area contributed by atoms with E-state index >= 15 is 0 Å². The number of nitriles is 1. The molecule has 3 aromatic rings. The second-order valence-electron chi connectivity index (χ2n) is 6.31. The quantitative estimate of drug-likeness (QED) is 0.582. The summed E-state index contributed by atoms with van der Waals surface area (Å²) in [4.78, 5) is 3.31. The molecule has 2 nitrogen and oxygen atoms in total. The molecule has 1 aromatic heterocycles. The van der Waals surface area contributed by atoms with Crippen LogP contribution < -0.4 is 0 Å². The maximum absolute atomic E-state index is 12.8. The molecule has 2 aromatic carbocycles. The second-order valence-corrected chi connectivity index (χ2v) is 6.31. The van der Waals surface area contributed by atoms with Gasteiger partial charge in [0, 0.05) is 29.4 Å². The van der Waals surface area contributed by atoms with Crippen LogP contribution in [0.25, 0.3) is 10.9 Å². The molecule has 134 valence electrons. The minimum Gasteiger partial charge on any atom is -0.361 e. The molecule has 1 unspecified atom stereocenters. The van der Waals surface area contributed by atoms with Crippen molar-refractivity contribution in [3.63, 3.8) is 0 Å². The lowest BCUT2D eigenvalue weighted by molar-refractivity contribution is -0.137. The average molecular weight is 356 g/mol. The summed E-state index contributed by atoms with van der Waals surface area (Å²) < 4.78 is 38.5. The number of H-pyrrole nitrogens is 1. The number of para-hydroxylation sites is 1. The molecule has 0 bridgehead atoms. The normalized spacial score (nSPS) is 12.9. The molecule has 0 spiro atoms. The van der Waals surface area contributed by atoms with Crippen molar-refractivity contribution in [2.24, 2.45) is 0 Å². The molecule has 0 aliphatic heterocycles. The van der Waals surface area contributed by atoms with Gasteiger partial charge in [0.2, 0.25) is 0 Å². The summed E-state index contributed by atoms with van der Waals surface area (Å²) in [5, 5.41) is 10.1. The Morgan fingerprint density at radius 3 is 2.46 bits per heavy atom. The summed E-state index contributed by atoms with van der Waals surface area (Å²) in [5.74, 6) is -0.127. The van der Waals surface area contributed by atoms with Crippen molar-refractivity contribution < 1.29 is 13.2 Å². The highest BCUT2D eigenvalue weighted by molar-refractivity contribution is 5.87. The lowest BCUT2D eigenvalue weighted by Crippen LogP contribution is -2.06. The Kier molecular flexibility index (Phi) is 5.03. The molecule has 1 heterocycles. The van der Waals surface area contributed by atoms with Gasteiger partial charge in [-0.1, -0.05) is 37.3 Å². The minimum atomic E-state index is -4.35. The number of alkyl halides is 3. The number of nitrogens with one attached hydrogen (secondary N) is 1. The first kappa shape index (κ1) is 18.1. The van der Waals surface area contributed by atoms with Crippen molar-refractivity contribution in [3.05, 3.63) is 70.9 Å². The van der Waals surface area contributed by atoms with Gasteiger partial charge in [-0.2, -0.15) is 18.4 Å². The van der Waals surface area contributed by atoms with Crippen LogP contribution in [-0.2, 0) is 12.6 Å². The van der Waals surface area contributed by atoms with E-state index in [2.05, 4.69) is 24.0 Å². The van der Waals surface area contributed by atoms with Crippen molar-refractivity contribution in [1.29, 1.82) is 5.26 Å². The molecule has 0 fully saturated rings. The van der Waals surface area contributed by atoms with E-state index in [0.29, 0.717) is 12.8 Å². The molecule has 0 saturated carbocycles. The number of aryl methyl sites for hydroxylation is 1. The fourth-order valence-electron chi connectivity index (χ4n) is 3.44. The van der Waals surface area contributed by atoms with E-state index in [1.165, 1.54) is 17.7 Å². The second kappa shape index (κ2) is 7.25. The molecule has 0 amide bonds. The Morgan fingerprint density at radius 1 is 1.12 bits per heavy atom. The van der Waals surface area contributed by atoms with Crippen LogP contribution in [0.1, 0.15) is 47.9 Å². The minimum absolute atomic E-state index is 0.127. The average Bonchev–Trinajstić information content (AvgIpc) is 3.06. The number of aromatic nitrogens is 1. The van der Waals surface area contributed by atoms with Gasteiger partial charge < -0.3 is 4.98 Å². The molecular weight excluding hydrogens is 337 g/mol. The van der Waals surface area contributed by atoms with Crippen LogP contribution >= 0.6 is 0 Å². The van der Waals surface area contributed by atoms with Gasteiger partial charge in [-0.25, -0.2) is 0 Å². The third-order valence-electron chi connectivity index (χ3n) is 4.78.